The fourth-order valence-corrected chi connectivity index (χ4v) is 4.34. The molecule has 0 saturated heterocycles. The Morgan fingerprint density at radius 3 is 1.51 bits per heavy atom. The lowest BCUT2D eigenvalue weighted by atomic mass is 10.1. The van der Waals surface area contributed by atoms with Crippen molar-refractivity contribution < 1.29 is 4.39 Å². The lowest BCUT2D eigenvalue weighted by molar-refractivity contribution is 0.633. The smallest absolute Gasteiger partial charge is 0.149 e. The summed E-state index contributed by atoms with van der Waals surface area (Å²) in [7, 11) is 0. The van der Waals surface area contributed by atoms with Gasteiger partial charge in [0.2, 0.25) is 0 Å². The minimum absolute atomic E-state index is 0.245. The Balaban J connectivity index is 0.000000282. The summed E-state index contributed by atoms with van der Waals surface area (Å²) in [6.07, 6.45) is 10.1. The zero-order valence-electron chi connectivity index (χ0n) is 25.8. The third kappa shape index (κ3) is 9.91. The zero-order chi connectivity index (χ0) is 30.8. The van der Waals surface area contributed by atoms with Gasteiger partial charge in [-0.15, -0.1) is 0 Å². The molecule has 3 heterocycles. The van der Waals surface area contributed by atoms with Gasteiger partial charge in [0.1, 0.15) is 5.82 Å². The average Bonchev–Trinajstić information content (AvgIpc) is 3.02. The molecule has 0 amide bonds. The second-order valence-electron chi connectivity index (χ2n) is 8.26. The molecule has 0 atom stereocenters. The van der Waals surface area contributed by atoms with Gasteiger partial charge in [-0.05, 0) is 48.9 Å². The highest BCUT2D eigenvalue weighted by molar-refractivity contribution is 6.35. The minimum atomic E-state index is -0.245. The van der Waals surface area contributed by atoms with Gasteiger partial charge >= 0.3 is 0 Å². The lowest BCUT2D eigenvalue weighted by Crippen LogP contribution is -1.84. The van der Waals surface area contributed by atoms with Crippen molar-refractivity contribution in [3.8, 4) is 0 Å². The first-order valence-electron chi connectivity index (χ1n) is 14.2. The van der Waals surface area contributed by atoms with Crippen molar-refractivity contribution in [3.63, 3.8) is 0 Å². The van der Waals surface area contributed by atoms with Crippen molar-refractivity contribution in [2.75, 3.05) is 0 Å². The Hall–Kier alpha value is -3.89. The summed E-state index contributed by atoms with van der Waals surface area (Å²) in [4.78, 5) is 11.9. The van der Waals surface area contributed by atoms with Crippen molar-refractivity contribution >= 4 is 43.9 Å². The monoisotopic (exact) mass is 571 g/mol. The molecule has 3 nitrogen and oxygen atoms in total. The van der Waals surface area contributed by atoms with Crippen LogP contribution in [0.5, 0.6) is 0 Å². The molecule has 0 radical (unpaired) electrons. The predicted octanol–water partition coefficient (Wildman–Crippen LogP) is 11.5. The van der Waals surface area contributed by atoms with E-state index in [4.69, 9.17) is 11.6 Å². The van der Waals surface area contributed by atoms with E-state index in [9.17, 15) is 4.39 Å². The summed E-state index contributed by atoms with van der Waals surface area (Å²) >= 11 is 6.00. The molecule has 0 spiro atoms. The van der Waals surface area contributed by atoms with Crippen LogP contribution in [0.25, 0.3) is 32.3 Å². The highest BCUT2D eigenvalue weighted by Crippen LogP contribution is 2.24. The molecule has 0 unspecified atom stereocenters. The highest BCUT2D eigenvalue weighted by atomic mass is 35.5. The molecular weight excluding hydrogens is 529 g/mol. The molecular formula is C36H43ClFN3. The van der Waals surface area contributed by atoms with E-state index in [-0.39, 0.29) is 5.82 Å². The molecule has 0 bridgehead atoms. The Morgan fingerprint density at radius 2 is 0.976 bits per heavy atom. The SMILES string of the molecule is CC.CC.CC.Cc1cccc2cncc(Cl)c12.Cc1cccc2cncc(F)c12.Cc1cccc2cnccc12. The molecule has 0 saturated carbocycles. The van der Waals surface area contributed by atoms with Gasteiger partial charge in [-0.3, -0.25) is 15.0 Å². The number of halogens is 2. The molecule has 216 valence electrons. The predicted molar refractivity (Wildman–Crippen MR) is 178 cm³/mol. The van der Waals surface area contributed by atoms with E-state index >= 15 is 0 Å². The lowest BCUT2D eigenvalue weighted by Gasteiger charge is -2.01. The molecule has 0 N–H and O–H groups in total. The first-order chi connectivity index (χ1) is 20.0. The fraction of sp³-hybridized carbons (Fsp3) is 0.250. The second-order valence-corrected chi connectivity index (χ2v) is 8.67. The van der Waals surface area contributed by atoms with Crippen LogP contribution >= 0.6 is 11.6 Å². The van der Waals surface area contributed by atoms with Crippen LogP contribution in [0.4, 0.5) is 4.39 Å². The first-order valence-corrected chi connectivity index (χ1v) is 14.6. The number of fused-ring (bicyclic) bond motifs is 3. The van der Waals surface area contributed by atoms with Gasteiger partial charge in [-0.25, -0.2) is 4.39 Å². The third-order valence-corrected chi connectivity index (χ3v) is 6.08. The summed E-state index contributed by atoms with van der Waals surface area (Å²) in [6, 6.07) is 20.0. The summed E-state index contributed by atoms with van der Waals surface area (Å²) in [5.74, 6) is -0.245. The van der Waals surface area contributed by atoms with E-state index in [1.165, 1.54) is 28.1 Å². The Kier molecular flexibility index (Phi) is 16.5. The summed E-state index contributed by atoms with van der Waals surface area (Å²) in [5.41, 5.74) is 3.46. The number of aryl methyl sites for hydroxylation is 3. The number of rotatable bonds is 0. The van der Waals surface area contributed by atoms with Crippen LogP contribution in [-0.2, 0) is 0 Å². The molecule has 3 aromatic heterocycles. The maximum absolute atomic E-state index is 13.2. The van der Waals surface area contributed by atoms with Crippen LogP contribution in [-0.4, -0.2) is 15.0 Å². The normalized spacial score (nSPS) is 9.34. The van der Waals surface area contributed by atoms with Gasteiger partial charge in [-0.1, -0.05) is 108 Å². The Labute approximate surface area is 250 Å². The van der Waals surface area contributed by atoms with Crippen LogP contribution in [0.3, 0.4) is 0 Å². The molecule has 41 heavy (non-hydrogen) atoms. The molecule has 6 aromatic rings. The van der Waals surface area contributed by atoms with Crippen molar-refractivity contribution in [2.24, 2.45) is 0 Å². The van der Waals surface area contributed by atoms with Crippen molar-refractivity contribution in [2.45, 2.75) is 62.3 Å². The third-order valence-electron chi connectivity index (χ3n) is 5.79. The number of pyridine rings is 3. The summed E-state index contributed by atoms with van der Waals surface area (Å²) in [5, 5.41) is 6.97. The van der Waals surface area contributed by atoms with Gasteiger partial charge in [0, 0.05) is 57.9 Å². The molecule has 0 aliphatic carbocycles. The first kappa shape index (κ1) is 35.1. The van der Waals surface area contributed by atoms with E-state index in [2.05, 4.69) is 40.1 Å². The minimum Gasteiger partial charge on any atom is -0.264 e. The Morgan fingerprint density at radius 1 is 0.512 bits per heavy atom. The maximum atomic E-state index is 13.2. The van der Waals surface area contributed by atoms with Crippen molar-refractivity contribution in [1.29, 1.82) is 0 Å². The average molecular weight is 572 g/mol. The van der Waals surface area contributed by atoms with Crippen LogP contribution < -0.4 is 0 Å². The van der Waals surface area contributed by atoms with E-state index in [1.54, 1.807) is 12.4 Å². The molecule has 0 aliphatic rings. The largest absolute Gasteiger partial charge is 0.264 e. The van der Waals surface area contributed by atoms with Crippen LogP contribution in [0.2, 0.25) is 5.02 Å². The number of aromatic nitrogens is 3. The molecule has 6 rings (SSSR count). The quantitative estimate of drug-likeness (QED) is 0.182. The summed E-state index contributed by atoms with van der Waals surface area (Å²) in [6.45, 7) is 18.1. The second kappa shape index (κ2) is 19.2. The molecule has 0 aliphatic heterocycles. The van der Waals surface area contributed by atoms with E-state index in [1.807, 2.05) is 116 Å². The van der Waals surface area contributed by atoms with Crippen molar-refractivity contribution in [3.05, 3.63) is 125 Å². The number of benzene rings is 3. The summed E-state index contributed by atoms with van der Waals surface area (Å²) < 4.78 is 13.2. The molecule has 0 fully saturated rings. The fourth-order valence-electron chi connectivity index (χ4n) is 4.03. The maximum Gasteiger partial charge on any atom is 0.149 e. The van der Waals surface area contributed by atoms with E-state index in [0.717, 1.165) is 26.7 Å². The van der Waals surface area contributed by atoms with Gasteiger partial charge < -0.3 is 0 Å². The molecule has 5 heteroatoms. The highest BCUT2D eigenvalue weighted by Gasteiger charge is 2.02. The van der Waals surface area contributed by atoms with Gasteiger partial charge in [-0.2, -0.15) is 0 Å². The van der Waals surface area contributed by atoms with Crippen LogP contribution in [0.15, 0.2) is 97.8 Å². The van der Waals surface area contributed by atoms with Gasteiger partial charge in [0.15, 0.2) is 0 Å². The van der Waals surface area contributed by atoms with Crippen LogP contribution in [0.1, 0.15) is 58.2 Å². The van der Waals surface area contributed by atoms with Crippen molar-refractivity contribution in [1.82, 2.24) is 15.0 Å². The number of nitrogens with zero attached hydrogens (tertiary/aromatic N) is 3. The van der Waals surface area contributed by atoms with E-state index in [0.29, 0.717) is 5.39 Å². The zero-order valence-corrected chi connectivity index (χ0v) is 26.6. The number of hydrogen-bond donors (Lipinski definition) is 0. The van der Waals surface area contributed by atoms with Gasteiger partial charge in [0.25, 0.3) is 0 Å². The van der Waals surface area contributed by atoms with Gasteiger partial charge in [0.05, 0.1) is 11.2 Å². The topological polar surface area (TPSA) is 38.7 Å². The standard InChI is InChI=1S/C10H8ClN.C10H8FN.C10H9N.3C2H6/c2*1-7-3-2-4-8-5-12-6-9(11)10(7)8;1-8-3-2-4-9-7-11-6-5-10(8)9;3*1-2/h2*2-6H,1H3;2-7H,1H3;3*1-2H3. The van der Waals surface area contributed by atoms with E-state index < -0.39 is 0 Å². The number of hydrogen-bond acceptors (Lipinski definition) is 3. The molecule has 3 aromatic carbocycles. The Bertz CT molecular complexity index is 1450. The van der Waals surface area contributed by atoms with Crippen LogP contribution in [0, 0.1) is 26.6 Å².